The van der Waals surface area contributed by atoms with Gasteiger partial charge in [-0.25, -0.2) is 0 Å². The van der Waals surface area contributed by atoms with Crippen molar-refractivity contribution in [3.8, 4) is 0 Å². The summed E-state index contributed by atoms with van der Waals surface area (Å²) in [5, 5.41) is 7.04. The topological polar surface area (TPSA) is 24.1 Å². The summed E-state index contributed by atoms with van der Waals surface area (Å²) < 4.78 is 0. The fourth-order valence-electron chi connectivity index (χ4n) is 2.59. The van der Waals surface area contributed by atoms with E-state index < -0.39 is 0 Å². The lowest BCUT2D eigenvalue weighted by Gasteiger charge is -2.29. The van der Waals surface area contributed by atoms with Gasteiger partial charge in [-0.2, -0.15) is 0 Å². The molecule has 1 aliphatic rings. The number of aryl methyl sites for hydroxylation is 2. The normalized spacial score (nSPS) is 24.6. The predicted octanol–water partition coefficient (Wildman–Crippen LogP) is 3.25. The van der Waals surface area contributed by atoms with Crippen LogP contribution < -0.4 is 10.6 Å². The van der Waals surface area contributed by atoms with E-state index >= 15 is 0 Å². The van der Waals surface area contributed by atoms with E-state index in [1.54, 1.807) is 0 Å². The van der Waals surface area contributed by atoms with Gasteiger partial charge in [0.2, 0.25) is 0 Å². The second kappa shape index (κ2) is 5.54. The number of hydrogen-bond donors (Lipinski definition) is 2. The summed E-state index contributed by atoms with van der Waals surface area (Å²) >= 11 is 0. The molecule has 0 radical (unpaired) electrons. The van der Waals surface area contributed by atoms with Crippen molar-refractivity contribution >= 4 is 5.69 Å². The first-order valence-electron chi connectivity index (χ1n) is 6.70. The Labute approximate surface area is 105 Å². The Balaban J connectivity index is 1.91. The van der Waals surface area contributed by atoms with Crippen LogP contribution >= 0.6 is 0 Å². The van der Waals surface area contributed by atoms with Crippen LogP contribution in [0, 0.1) is 13.8 Å². The number of nitrogens with one attached hydrogen (secondary N) is 2. The molecule has 0 aliphatic heterocycles. The number of benzene rings is 1. The van der Waals surface area contributed by atoms with E-state index in [0.29, 0.717) is 6.04 Å². The molecule has 1 aromatic carbocycles. The molecule has 0 amide bonds. The van der Waals surface area contributed by atoms with Crippen LogP contribution in [0.3, 0.4) is 0 Å². The number of anilines is 1. The molecule has 94 valence electrons. The molecule has 0 atom stereocenters. The van der Waals surface area contributed by atoms with Crippen LogP contribution in [0.25, 0.3) is 0 Å². The van der Waals surface area contributed by atoms with E-state index in [1.165, 1.54) is 42.5 Å². The molecule has 2 heteroatoms. The van der Waals surface area contributed by atoms with Gasteiger partial charge in [-0.3, -0.25) is 0 Å². The van der Waals surface area contributed by atoms with Crippen molar-refractivity contribution in [1.29, 1.82) is 0 Å². The maximum Gasteiger partial charge on any atom is 0.0345 e. The second-order valence-corrected chi connectivity index (χ2v) is 5.28. The number of hydrogen-bond acceptors (Lipinski definition) is 2. The molecular weight excluding hydrogens is 208 g/mol. The third-order valence-electron chi connectivity index (χ3n) is 4.01. The van der Waals surface area contributed by atoms with Crippen molar-refractivity contribution in [2.24, 2.45) is 0 Å². The quantitative estimate of drug-likeness (QED) is 0.836. The summed E-state index contributed by atoms with van der Waals surface area (Å²) in [6.45, 7) is 4.34. The highest BCUT2D eigenvalue weighted by Crippen LogP contribution is 2.23. The van der Waals surface area contributed by atoms with Crippen molar-refractivity contribution in [3.05, 3.63) is 29.3 Å². The Morgan fingerprint density at radius 1 is 0.941 bits per heavy atom. The van der Waals surface area contributed by atoms with Gasteiger partial charge in [-0.15, -0.1) is 0 Å². The van der Waals surface area contributed by atoms with E-state index in [0.717, 1.165) is 6.04 Å². The lowest BCUT2D eigenvalue weighted by Crippen LogP contribution is -2.34. The maximum absolute atomic E-state index is 3.67. The Hall–Kier alpha value is -1.02. The molecule has 0 aromatic heterocycles. The maximum atomic E-state index is 3.67. The van der Waals surface area contributed by atoms with Gasteiger partial charge in [0, 0.05) is 17.8 Å². The minimum Gasteiger partial charge on any atom is -0.382 e. The van der Waals surface area contributed by atoms with Gasteiger partial charge < -0.3 is 10.6 Å². The van der Waals surface area contributed by atoms with Crippen molar-refractivity contribution in [3.63, 3.8) is 0 Å². The fraction of sp³-hybridized carbons (Fsp3) is 0.600. The van der Waals surface area contributed by atoms with Crippen LogP contribution in [0.15, 0.2) is 18.2 Å². The van der Waals surface area contributed by atoms with E-state index in [4.69, 9.17) is 0 Å². The van der Waals surface area contributed by atoms with Gasteiger partial charge in [-0.1, -0.05) is 6.07 Å². The molecule has 0 spiro atoms. The van der Waals surface area contributed by atoms with Gasteiger partial charge in [-0.05, 0) is 69.8 Å². The third-order valence-corrected chi connectivity index (χ3v) is 4.01. The molecule has 17 heavy (non-hydrogen) atoms. The largest absolute Gasteiger partial charge is 0.382 e. The summed E-state index contributed by atoms with van der Waals surface area (Å²) in [5.41, 5.74) is 4.02. The molecule has 0 heterocycles. The van der Waals surface area contributed by atoms with Gasteiger partial charge in [0.1, 0.15) is 0 Å². The Kier molecular flexibility index (Phi) is 4.06. The lowest BCUT2D eigenvalue weighted by molar-refractivity contribution is 0.371. The standard InChI is InChI=1S/C15H24N2/c1-11-4-5-15(10-12(11)2)17-14-8-6-13(16-3)7-9-14/h4-5,10,13-14,16-17H,6-9H2,1-3H3. The van der Waals surface area contributed by atoms with Crippen molar-refractivity contribution in [1.82, 2.24) is 5.32 Å². The zero-order chi connectivity index (χ0) is 12.3. The highest BCUT2D eigenvalue weighted by Gasteiger charge is 2.19. The van der Waals surface area contributed by atoms with Gasteiger partial charge >= 0.3 is 0 Å². The van der Waals surface area contributed by atoms with Crippen LogP contribution in [0.2, 0.25) is 0 Å². The SMILES string of the molecule is CNC1CCC(Nc2ccc(C)c(C)c2)CC1. The van der Waals surface area contributed by atoms with E-state index in [-0.39, 0.29) is 0 Å². The first kappa shape index (κ1) is 12.4. The molecule has 1 aliphatic carbocycles. The first-order chi connectivity index (χ1) is 8.19. The van der Waals surface area contributed by atoms with Crippen LogP contribution in [-0.2, 0) is 0 Å². The second-order valence-electron chi connectivity index (χ2n) is 5.28. The Bertz CT molecular complexity index is 365. The van der Waals surface area contributed by atoms with Crippen LogP contribution in [0.5, 0.6) is 0 Å². The Morgan fingerprint density at radius 2 is 1.59 bits per heavy atom. The molecule has 1 fully saturated rings. The molecule has 1 aromatic rings. The molecule has 0 saturated heterocycles. The van der Waals surface area contributed by atoms with E-state index in [2.05, 4.69) is 49.7 Å². The number of rotatable bonds is 3. The lowest BCUT2D eigenvalue weighted by atomic mass is 9.91. The molecule has 2 rings (SSSR count). The third kappa shape index (κ3) is 3.22. The van der Waals surface area contributed by atoms with Crippen LogP contribution in [0.1, 0.15) is 36.8 Å². The molecular formula is C15H24N2. The highest BCUT2D eigenvalue weighted by atomic mass is 14.9. The monoisotopic (exact) mass is 232 g/mol. The van der Waals surface area contributed by atoms with E-state index in [1.807, 2.05) is 0 Å². The zero-order valence-electron chi connectivity index (χ0n) is 11.2. The van der Waals surface area contributed by atoms with Gasteiger partial charge in [0.15, 0.2) is 0 Å². The highest BCUT2D eigenvalue weighted by molar-refractivity contribution is 5.48. The average molecular weight is 232 g/mol. The molecule has 0 unspecified atom stereocenters. The fourth-order valence-corrected chi connectivity index (χ4v) is 2.59. The summed E-state index contributed by atoms with van der Waals surface area (Å²) in [4.78, 5) is 0. The average Bonchev–Trinajstić information content (AvgIpc) is 2.35. The Morgan fingerprint density at radius 3 is 2.18 bits per heavy atom. The minimum atomic E-state index is 0.654. The summed E-state index contributed by atoms with van der Waals surface area (Å²) in [6.07, 6.45) is 5.13. The molecule has 1 saturated carbocycles. The van der Waals surface area contributed by atoms with Crippen molar-refractivity contribution < 1.29 is 0 Å². The van der Waals surface area contributed by atoms with Crippen LogP contribution in [0.4, 0.5) is 5.69 Å². The zero-order valence-corrected chi connectivity index (χ0v) is 11.2. The minimum absolute atomic E-state index is 0.654. The predicted molar refractivity (Wildman–Crippen MR) is 74.6 cm³/mol. The van der Waals surface area contributed by atoms with Gasteiger partial charge in [0.05, 0.1) is 0 Å². The molecule has 2 N–H and O–H groups in total. The van der Waals surface area contributed by atoms with Crippen molar-refractivity contribution in [2.75, 3.05) is 12.4 Å². The smallest absolute Gasteiger partial charge is 0.0345 e. The van der Waals surface area contributed by atoms with Crippen LogP contribution in [-0.4, -0.2) is 19.1 Å². The first-order valence-corrected chi connectivity index (χ1v) is 6.70. The molecule has 0 bridgehead atoms. The molecule has 2 nitrogen and oxygen atoms in total. The van der Waals surface area contributed by atoms with Gasteiger partial charge in [0.25, 0.3) is 0 Å². The summed E-state index contributed by atoms with van der Waals surface area (Å²) in [6, 6.07) is 8.05. The van der Waals surface area contributed by atoms with E-state index in [9.17, 15) is 0 Å². The summed E-state index contributed by atoms with van der Waals surface area (Å²) in [7, 11) is 2.07. The van der Waals surface area contributed by atoms with Crippen molar-refractivity contribution in [2.45, 2.75) is 51.6 Å². The summed E-state index contributed by atoms with van der Waals surface area (Å²) in [5.74, 6) is 0.